The fourth-order valence-electron chi connectivity index (χ4n) is 1.77. The minimum atomic E-state index is -0.602. The van der Waals surface area contributed by atoms with E-state index < -0.39 is 11.8 Å². The van der Waals surface area contributed by atoms with Gasteiger partial charge >= 0.3 is 11.8 Å². The maximum Gasteiger partial charge on any atom is 0.312 e. The summed E-state index contributed by atoms with van der Waals surface area (Å²) in [5, 5.41) is 2.70. The van der Waals surface area contributed by atoms with Gasteiger partial charge in [-0.05, 0) is 19.4 Å². The second-order valence-electron chi connectivity index (χ2n) is 4.76. The van der Waals surface area contributed by atoms with Gasteiger partial charge in [0.1, 0.15) is 6.54 Å². The first-order chi connectivity index (χ1) is 8.99. The van der Waals surface area contributed by atoms with Crippen LogP contribution in [0.5, 0.6) is 0 Å². The molecule has 1 unspecified atom stereocenters. The van der Waals surface area contributed by atoms with Gasteiger partial charge in [-0.2, -0.15) is 0 Å². The number of hydrogen-bond donors (Lipinski definition) is 2. The zero-order valence-corrected chi connectivity index (χ0v) is 11.5. The van der Waals surface area contributed by atoms with Crippen molar-refractivity contribution in [2.24, 2.45) is 11.7 Å². The van der Waals surface area contributed by atoms with E-state index in [1.165, 1.54) is 9.80 Å². The Bertz CT molecular complexity index is 359. The van der Waals surface area contributed by atoms with Gasteiger partial charge in [0.15, 0.2) is 0 Å². The van der Waals surface area contributed by atoms with Gasteiger partial charge in [0.25, 0.3) is 0 Å². The van der Waals surface area contributed by atoms with E-state index in [9.17, 15) is 14.4 Å². The van der Waals surface area contributed by atoms with Gasteiger partial charge in [-0.25, -0.2) is 0 Å². The van der Waals surface area contributed by atoms with E-state index in [4.69, 9.17) is 5.73 Å². The second-order valence-corrected chi connectivity index (χ2v) is 4.76. The predicted molar refractivity (Wildman–Crippen MR) is 70.1 cm³/mol. The van der Waals surface area contributed by atoms with Crippen molar-refractivity contribution in [1.82, 2.24) is 15.1 Å². The summed E-state index contributed by atoms with van der Waals surface area (Å²) >= 11 is 0. The lowest BCUT2D eigenvalue weighted by Crippen LogP contribution is -2.56. The molecule has 1 atom stereocenters. The minimum absolute atomic E-state index is 0.0700. The van der Waals surface area contributed by atoms with Crippen LogP contribution in [-0.4, -0.2) is 66.8 Å². The standard InChI is InChI=1S/C12H22N4O3/c1-3-15-4-5-16(12(19)11(15)18)8-10(17)14-7-9(2)6-13/h9H,3-8,13H2,1-2H3,(H,14,17). The Labute approximate surface area is 113 Å². The van der Waals surface area contributed by atoms with E-state index >= 15 is 0 Å². The van der Waals surface area contributed by atoms with Gasteiger partial charge in [-0.15, -0.1) is 0 Å². The first-order valence-electron chi connectivity index (χ1n) is 6.54. The highest BCUT2D eigenvalue weighted by Crippen LogP contribution is 2.04. The summed E-state index contributed by atoms with van der Waals surface area (Å²) in [6.07, 6.45) is 0. The van der Waals surface area contributed by atoms with Crippen molar-refractivity contribution in [2.75, 3.05) is 39.3 Å². The van der Waals surface area contributed by atoms with Gasteiger partial charge in [0.05, 0.1) is 0 Å². The van der Waals surface area contributed by atoms with E-state index in [1.54, 1.807) is 0 Å². The molecule has 1 saturated heterocycles. The highest BCUT2D eigenvalue weighted by molar-refractivity contribution is 6.35. The Hall–Kier alpha value is -1.63. The largest absolute Gasteiger partial charge is 0.354 e. The molecule has 7 nitrogen and oxygen atoms in total. The molecule has 1 heterocycles. The SMILES string of the molecule is CCN1CCN(CC(=O)NCC(C)CN)C(=O)C1=O. The lowest BCUT2D eigenvalue weighted by Gasteiger charge is -2.32. The Balaban J connectivity index is 2.43. The van der Waals surface area contributed by atoms with Crippen LogP contribution in [0.4, 0.5) is 0 Å². The lowest BCUT2D eigenvalue weighted by atomic mass is 10.2. The molecule has 0 radical (unpaired) electrons. The maximum absolute atomic E-state index is 11.8. The van der Waals surface area contributed by atoms with Crippen molar-refractivity contribution in [3.8, 4) is 0 Å². The molecule has 0 aromatic rings. The molecule has 1 rings (SSSR count). The second kappa shape index (κ2) is 7.08. The molecule has 0 aromatic heterocycles. The van der Waals surface area contributed by atoms with Crippen LogP contribution in [0.3, 0.4) is 0 Å². The Morgan fingerprint density at radius 2 is 1.89 bits per heavy atom. The summed E-state index contributed by atoms with van der Waals surface area (Å²) < 4.78 is 0. The quantitative estimate of drug-likeness (QED) is 0.567. The number of amides is 3. The molecule has 3 amide bonds. The first-order valence-corrected chi connectivity index (χ1v) is 6.54. The smallest absolute Gasteiger partial charge is 0.312 e. The third-order valence-corrected chi connectivity index (χ3v) is 3.16. The Morgan fingerprint density at radius 1 is 1.32 bits per heavy atom. The fourth-order valence-corrected chi connectivity index (χ4v) is 1.77. The number of rotatable bonds is 6. The number of nitrogens with two attached hydrogens (primary N) is 1. The maximum atomic E-state index is 11.8. The van der Waals surface area contributed by atoms with Crippen molar-refractivity contribution < 1.29 is 14.4 Å². The number of carbonyl (C=O) groups excluding carboxylic acids is 3. The Kier molecular flexibility index (Phi) is 5.75. The monoisotopic (exact) mass is 270 g/mol. The Morgan fingerprint density at radius 3 is 2.47 bits per heavy atom. The van der Waals surface area contributed by atoms with Crippen LogP contribution in [0.25, 0.3) is 0 Å². The zero-order valence-electron chi connectivity index (χ0n) is 11.5. The molecule has 0 saturated carbocycles. The van der Waals surface area contributed by atoms with Crippen LogP contribution < -0.4 is 11.1 Å². The number of nitrogens with one attached hydrogen (secondary N) is 1. The highest BCUT2D eigenvalue weighted by Gasteiger charge is 2.32. The van der Waals surface area contributed by atoms with Crippen LogP contribution in [0.15, 0.2) is 0 Å². The number of piperazine rings is 1. The molecule has 0 spiro atoms. The van der Waals surface area contributed by atoms with Gasteiger partial charge < -0.3 is 20.9 Å². The molecule has 0 bridgehead atoms. The van der Waals surface area contributed by atoms with Crippen LogP contribution in [-0.2, 0) is 14.4 Å². The first kappa shape index (κ1) is 15.4. The molecule has 3 N–H and O–H groups in total. The van der Waals surface area contributed by atoms with Crippen molar-refractivity contribution in [1.29, 1.82) is 0 Å². The summed E-state index contributed by atoms with van der Waals surface area (Å²) in [5.74, 6) is -1.20. The molecular formula is C12H22N4O3. The van der Waals surface area contributed by atoms with Crippen molar-refractivity contribution in [3.63, 3.8) is 0 Å². The number of carbonyl (C=O) groups is 3. The third kappa shape index (κ3) is 4.20. The molecule has 0 aliphatic carbocycles. The fraction of sp³-hybridized carbons (Fsp3) is 0.750. The molecule has 1 aliphatic rings. The number of nitrogens with zero attached hydrogens (tertiary/aromatic N) is 2. The lowest BCUT2D eigenvalue weighted by molar-refractivity contribution is -0.156. The summed E-state index contributed by atoms with van der Waals surface area (Å²) in [5.41, 5.74) is 5.45. The topological polar surface area (TPSA) is 95.7 Å². The average molecular weight is 270 g/mol. The molecule has 0 aromatic carbocycles. The molecule has 7 heteroatoms. The average Bonchev–Trinajstić information content (AvgIpc) is 2.41. The van der Waals surface area contributed by atoms with E-state index in [0.29, 0.717) is 32.7 Å². The molecule has 1 fully saturated rings. The molecule has 1 aliphatic heterocycles. The van der Waals surface area contributed by atoms with Crippen molar-refractivity contribution in [3.05, 3.63) is 0 Å². The van der Waals surface area contributed by atoms with Gasteiger partial charge in [0, 0.05) is 26.2 Å². The van der Waals surface area contributed by atoms with E-state index in [1.807, 2.05) is 13.8 Å². The van der Waals surface area contributed by atoms with Crippen LogP contribution >= 0.6 is 0 Å². The third-order valence-electron chi connectivity index (χ3n) is 3.16. The van der Waals surface area contributed by atoms with E-state index in [-0.39, 0.29) is 18.4 Å². The number of hydrogen-bond acceptors (Lipinski definition) is 4. The van der Waals surface area contributed by atoms with Crippen molar-refractivity contribution in [2.45, 2.75) is 13.8 Å². The van der Waals surface area contributed by atoms with E-state index in [2.05, 4.69) is 5.32 Å². The molecule has 108 valence electrons. The summed E-state index contributed by atoms with van der Waals surface area (Å²) in [4.78, 5) is 37.8. The van der Waals surface area contributed by atoms with Gasteiger partial charge in [0.2, 0.25) is 5.91 Å². The van der Waals surface area contributed by atoms with Crippen LogP contribution in [0, 0.1) is 5.92 Å². The van der Waals surface area contributed by atoms with Crippen molar-refractivity contribution >= 4 is 17.7 Å². The van der Waals surface area contributed by atoms with Crippen LogP contribution in [0.2, 0.25) is 0 Å². The predicted octanol–water partition coefficient (Wildman–Crippen LogP) is -1.61. The molecule has 19 heavy (non-hydrogen) atoms. The molecular weight excluding hydrogens is 248 g/mol. The van der Waals surface area contributed by atoms with E-state index in [0.717, 1.165) is 0 Å². The normalized spacial score (nSPS) is 17.6. The van der Waals surface area contributed by atoms with Crippen LogP contribution in [0.1, 0.15) is 13.8 Å². The van der Waals surface area contributed by atoms with Gasteiger partial charge in [-0.1, -0.05) is 6.92 Å². The zero-order chi connectivity index (χ0) is 14.4. The summed E-state index contributed by atoms with van der Waals surface area (Å²) in [6, 6.07) is 0. The minimum Gasteiger partial charge on any atom is -0.354 e. The van der Waals surface area contributed by atoms with Gasteiger partial charge in [-0.3, -0.25) is 14.4 Å². The highest BCUT2D eigenvalue weighted by atomic mass is 16.2. The summed E-state index contributed by atoms with van der Waals surface area (Å²) in [6.45, 7) is 6.04. The summed E-state index contributed by atoms with van der Waals surface area (Å²) in [7, 11) is 0. The number of likely N-dealkylation sites (N-methyl/N-ethyl adjacent to an activating group) is 1.